The number of nitrogens with two attached hydrogens (primary N) is 1. The first-order valence-corrected chi connectivity index (χ1v) is 7.67. The molecule has 0 saturated carbocycles. The summed E-state index contributed by atoms with van der Waals surface area (Å²) < 4.78 is 0. The minimum absolute atomic E-state index is 0.742. The van der Waals surface area contributed by atoms with Crippen molar-refractivity contribution in [2.45, 2.75) is 12.2 Å². The molecule has 2 N–H and O–H groups in total. The minimum atomic E-state index is 0.742. The highest BCUT2D eigenvalue weighted by atomic mass is 32.2. The summed E-state index contributed by atoms with van der Waals surface area (Å²) in [5, 5.41) is 3.35. The molecule has 1 aromatic carbocycles. The average molecular weight is 264 g/mol. The van der Waals surface area contributed by atoms with Gasteiger partial charge in [0.15, 0.2) is 0 Å². The molecular formula is C13H16N2S2. The van der Waals surface area contributed by atoms with E-state index >= 15 is 0 Å². The van der Waals surface area contributed by atoms with Crippen molar-refractivity contribution in [1.82, 2.24) is 4.98 Å². The number of aromatic nitrogens is 1. The number of thioether (sulfide) groups is 1. The van der Waals surface area contributed by atoms with Crippen LogP contribution in [0.3, 0.4) is 0 Å². The molecular weight excluding hydrogens is 248 g/mol. The van der Waals surface area contributed by atoms with E-state index in [1.807, 2.05) is 17.8 Å². The quantitative estimate of drug-likeness (QED) is 0.815. The number of nitrogens with zero attached hydrogens (tertiary/aromatic N) is 1. The molecule has 0 aliphatic carbocycles. The molecule has 0 aliphatic rings. The van der Waals surface area contributed by atoms with E-state index in [1.165, 1.54) is 16.3 Å². The fraction of sp³-hybridized carbons (Fsp3) is 0.308. The smallest absolute Gasteiger partial charge is 0.0972 e. The summed E-state index contributed by atoms with van der Waals surface area (Å²) in [6, 6.07) is 10.5. The molecule has 90 valence electrons. The van der Waals surface area contributed by atoms with E-state index in [0.717, 1.165) is 24.5 Å². The molecule has 4 heteroatoms. The molecule has 0 saturated heterocycles. The van der Waals surface area contributed by atoms with Gasteiger partial charge in [-0.2, -0.15) is 11.8 Å². The van der Waals surface area contributed by atoms with Crippen LogP contribution in [0.5, 0.6) is 0 Å². The van der Waals surface area contributed by atoms with Crippen molar-refractivity contribution in [3.05, 3.63) is 52.0 Å². The molecule has 0 aliphatic heterocycles. The van der Waals surface area contributed by atoms with Crippen LogP contribution in [0.4, 0.5) is 0 Å². The van der Waals surface area contributed by atoms with Crippen LogP contribution in [-0.4, -0.2) is 17.3 Å². The molecule has 0 radical (unpaired) electrons. The predicted octanol–water partition coefficient (Wildman–Crippen LogP) is 2.93. The molecule has 17 heavy (non-hydrogen) atoms. The van der Waals surface area contributed by atoms with E-state index in [1.54, 1.807) is 11.3 Å². The van der Waals surface area contributed by atoms with Gasteiger partial charge in [-0.25, -0.2) is 4.98 Å². The third kappa shape index (κ3) is 4.15. The zero-order valence-corrected chi connectivity index (χ0v) is 11.3. The van der Waals surface area contributed by atoms with Crippen LogP contribution < -0.4 is 5.73 Å². The second kappa shape index (κ2) is 6.79. The van der Waals surface area contributed by atoms with Gasteiger partial charge in [-0.1, -0.05) is 30.3 Å². The molecule has 0 spiro atoms. The molecule has 1 aromatic heterocycles. The first-order valence-electron chi connectivity index (χ1n) is 5.63. The van der Waals surface area contributed by atoms with Gasteiger partial charge in [-0.05, 0) is 5.56 Å². The number of thiazole rings is 1. The van der Waals surface area contributed by atoms with Crippen LogP contribution in [0.25, 0.3) is 0 Å². The van der Waals surface area contributed by atoms with Crippen molar-refractivity contribution in [3.8, 4) is 0 Å². The molecule has 0 fully saturated rings. The third-order valence-corrected chi connectivity index (χ3v) is 4.23. The van der Waals surface area contributed by atoms with Gasteiger partial charge in [0.25, 0.3) is 0 Å². The van der Waals surface area contributed by atoms with Crippen LogP contribution in [0.2, 0.25) is 0 Å². The Morgan fingerprint density at radius 1 is 1.24 bits per heavy atom. The highest BCUT2D eigenvalue weighted by Crippen LogP contribution is 2.18. The lowest BCUT2D eigenvalue weighted by molar-refractivity contribution is 1.09. The van der Waals surface area contributed by atoms with Gasteiger partial charge in [0.1, 0.15) is 0 Å². The van der Waals surface area contributed by atoms with E-state index in [4.69, 9.17) is 5.73 Å². The van der Waals surface area contributed by atoms with E-state index in [9.17, 15) is 0 Å². The monoisotopic (exact) mass is 264 g/mol. The lowest BCUT2D eigenvalue weighted by Gasteiger charge is -1.97. The summed E-state index contributed by atoms with van der Waals surface area (Å²) in [6.45, 7) is 0.742. The van der Waals surface area contributed by atoms with Crippen LogP contribution in [-0.2, 0) is 12.2 Å². The second-order valence-electron chi connectivity index (χ2n) is 3.74. The summed E-state index contributed by atoms with van der Waals surface area (Å²) >= 11 is 3.59. The molecule has 0 amide bonds. The van der Waals surface area contributed by atoms with Gasteiger partial charge in [0.2, 0.25) is 0 Å². The summed E-state index contributed by atoms with van der Waals surface area (Å²) in [7, 11) is 0. The summed E-state index contributed by atoms with van der Waals surface area (Å²) in [6.07, 6.45) is 0.938. The van der Waals surface area contributed by atoms with Gasteiger partial charge < -0.3 is 5.73 Å². The van der Waals surface area contributed by atoms with Crippen molar-refractivity contribution >= 4 is 23.1 Å². The molecule has 2 rings (SSSR count). The Morgan fingerprint density at radius 2 is 2.06 bits per heavy atom. The normalized spacial score (nSPS) is 10.6. The van der Waals surface area contributed by atoms with Gasteiger partial charge >= 0.3 is 0 Å². The lowest BCUT2D eigenvalue weighted by atomic mass is 10.2. The number of hydrogen-bond donors (Lipinski definition) is 1. The maximum absolute atomic E-state index is 5.46. The zero-order chi connectivity index (χ0) is 11.9. The van der Waals surface area contributed by atoms with Crippen molar-refractivity contribution in [3.63, 3.8) is 0 Å². The van der Waals surface area contributed by atoms with E-state index in [2.05, 4.69) is 34.6 Å². The molecule has 0 atom stereocenters. The average Bonchev–Trinajstić information content (AvgIpc) is 2.79. The standard InChI is InChI=1S/C13H16N2S2/c14-6-7-16-9-12-10-17-13(15-12)8-11-4-2-1-3-5-11/h1-5,10H,6-9,14H2. The number of benzene rings is 1. The van der Waals surface area contributed by atoms with Gasteiger partial charge in [0.05, 0.1) is 10.7 Å². The Balaban J connectivity index is 1.90. The molecule has 1 heterocycles. The Bertz CT molecular complexity index is 440. The molecule has 2 nitrogen and oxygen atoms in total. The maximum atomic E-state index is 5.46. The number of hydrogen-bond acceptors (Lipinski definition) is 4. The first-order chi connectivity index (χ1) is 8.38. The van der Waals surface area contributed by atoms with Crippen molar-refractivity contribution < 1.29 is 0 Å². The Kier molecular flexibility index (Phi) is 5.04. The third-order valence-electron chi connectivity index (χ3n) is 2.31. The van der Waals surface area contributed by atoms with E-state index < -0.39 is 0 Å². The van der Waals surface area contributed by atoms with Gasteiger partial charge in [0, 0.05) is 29.9 Å². The second-order valence-corrected chi connectivity index (χ2v) is 5.78. The van der Waals surface area contributed by atoms with Crippen LogP contribution in [0.15, 0.2) is 35.7 Å². The molecule has 0 unspecified atom stereocenters. The Morgan fingerprint density at radius 3 is 2.82 bits per heavy atom. The Labute approximate surface area is 110 Å². The molecule has 0 bridgehead atoms. The van der Waals surface area contributed by atoms with E-state index in [0.29, 0.717) is 0 Å². The van der Waals surface area contributed by atoms with Crippen molar-refractivity contribution in [2.75, 3.05) is 12.3 Å². The fourth-order valence-electron chi connectivity index (χ4n) is 1.53. The first kappa shape index (κ1) is 12.6. The summed E-state index contributed by atoms with van der Waals surface area (Å²) in [4.78, 5) is 4.63. The topological polar surface area (TPSA) is 38.9 Å². The summed E-state index contributed by atoms with van der Waals surface area (Å²) in [5.74, 6) is 1.98. The maximum Gasteiger partial charge on any atom is 0.0972 e. The fourth-order valence-corrected chi connectivity index (χ4v) is 3.13. The number of rotatable bonds is 6. The van der Waals surface area contributed by atoms with Crippen molar-refractivity contribution in [2.24, 2.45) is 5.73 Å². The van der Waals surface area contributed by atoms with Crippen LogP contribution in [0, 0.1) is 0 Å². The summed E-state index contributed by atoms with van der Waals surface area (Å²) in [5.41, 5.74) is 7.96. The lowest BCUT2D eigenvalue weighted by Crippen LogP contribution is -2.01. The largest absolute Gasteiger partial charge is 0.330 e. The Hall–Kier alpha value is -0.840. The van der Waals surface area contributed by atoms with Crippen LogP contribution >= 0.6 is 23.1 Å². The zero-order valence-electron chi connectivity index (χ0n) is 9.63. The minimum Gasteiger partial charge on any atom is -0.330 e. The highest BCUT2D eigenvalue weighted by Gasteiger charge is 2.03. The van der Waals surface area contributed by atoms with Crippen molar-refractivity contribution in [1.29, 1.82) is 0 Å². The van der Waals surface area contributed by atoms with Crippen LogP contribution in [0.1, 0.15) is 16.3 Å². The SMILES string of the molecule is NCCSCc1csc(Cc2ccccc2)n1. The van der Waals surface area contributed by atoms with Gasteiger partial charge in [-0.3, -0.25) is 0 Å². The highest BCUT2D eigenvalue weighted by molar-refractivity contribution is 7.98. The molecule has 2 aromatic rings. The van der Waals surface area contributed by atoms with E-state index in [-0.39, 0.29) is 0 Å². The van der Waals surface area contributed by atoms with Gasteiger partial charge in [-0.15, -0.1) is 11.3 Å². The predicted molar refractivity (Wildman–Crippen MR) is 76.6 cm³/mol.